The summed E-state index contributed by atoms with van der Waals surface area (Å²) >= 11 is 0. The lowest BCUT2D eigenvalue weighted by molar-refractivity contribution is 0.281. The third kappa shape index (κ3) is 2.71. The molecule has 16 heavy (non-hydrogen) atoms. The minimum absolute atomic E-state index is 0.0866. The molecule has 0 unspecified atom stereocenters. The topological polar surface area (TPSA) is 39.6 Å². The molecule has 0 atom stereocenters. The van der Waals surface area contributed by atoms with E-state index < -0.39 is 0 Å². The van der Waals surface area contributed by atoms with Gasteiger partial charge in [0.2, 0.25) is 0 Å². The van der Waals surface area contributed by atoms with Gasteiger partial charge < -0.3 is 14.9 Å². The van der Waals surface area contributed by atoms with Crippen molar-refractivity contribution in [3.05, 3.63) is 23.9 Å². The van der Waals surface area contributed by atoms with E-state index in [4.69, 9.17) is 5.11 Å². The fourth-order valence-electron chi connectivity index (χ4n) is 2.01. The number of aliphatic hydroxyl groups is 1. The first-order valence-electron chi connectivity index (χ1n) is 5.79. The highest BCUT2D eigenvalue weighted by molar-refractivity contribution is 5.41. The van der Waals surface area contributed by atoms with Crippen LogP contribution in [0.25, 0.3) is 0 Å². The summed E-state index contributed by atoms with van der Waals surface area (Å²) in [4.78, 5) is 9.01. The highest BCUT2D eigenvalue weighted by Crippen LogP contribution is 2.14. The molecule has 2 rings (SSSR count). The largest absolute Gasteiger partial charge is 0.392 e. The quantitative estimate of drug-likeness (QED) is 0.798. The van der Waals surface area contributed by atoms with Crippen molar-refractivity contribution in [3.63, 3.8) is 0 Å². The first kappa shape index (κ1) is 11.4. The summed E-state index contributed by atoms with van der Waals surface area (Å²) < 4.78 is 0. The first-order chi connectivity index (χ1) is 7.79. The lowest BCUT2D eigenvalue weighted by atomic mass is 10.2. The fraction of sp³-hybridized carbons (Fsp3) is 0.583. The van der Waals surface area contributed by atoms with Crippen LogP contribution in [0.4, 0.5) is 5.82 Å². The summed E-state index contributed by atoms with van der Waals surface area (Å²) in [7, 11) is 2.15. The van der Waals surface area contributed by atoms with Crippen molar-refractivity contribution in [1.29, 1.82) is 0 Å². The minimum atomic E-state index is 0.0866. The van der Waals surface area contributed by atoms with E-state index in [0.717, 1.165) is 37.6 Å². The standard InChI is InChI=1S/C12H19N3O/c1-14-5-2-6-15(8-7-14)12-9-11(10-16)3-4-13-12/h3-4,9,16H,2,5-8,10H2,1H3. The molecule has 0 amide bonds. The molecule has 0 spiro atoms. The van der Waals surface area contributed by atoms with Gasteiger partial charge in [0.05, 0.1) is 6.61 Å². The number of anilines is 1. The summed E-state index contributed by atoms with van der Waals surface area (Å²) in [6, 6.07) is 3.83. The van der Waals surface area contributed by atoms with Gasteiger partial charge in [0.25, 0.3) is 0 Å². The van der Waals surface area contributed by atoms with Crippen LogP contribution in [0.15, 0.2) is 18.3 Å². The summed E-state index contributed by atoms with van der Waals surface area (Å²) in [5, 5.41) is 9.10. The molecule has 88 valence electrons. The van der Waals surface area contributed by atoms with Gasteiger partial charge in [-0.3, -0.25) is 0 Å². The number of aliphatic hydroxyl groups excluding tert-OH is 1. The van der Waals surface area contributed by atoms with Crippen LogP contribution in [0.2, 0.25) is 0 Å². The molecule has 4 heteroatoms. The maximum atomic E-state index is 9.10. The van der Waals surface area contributed by atoms with Gasteiger partial charge in [-0.15, -0.1) is 0 Å². The van der Waals surface area contributed by atoms with Crippen LogP contribution in [-0.2, 0) is 6.61 Å². The lowest BCUT2D eigenvalue weighted by Crippen LogP contribution is -2.29. The average Bonchev–Trinajstić information content (AvgIpc) is 2.54. The average molecular weight is 221 g/mol. The molecular formula is C12H19N3O. The summed E-state index contributed by atoms with van der Waals surface area (Å²) in [5.74, 6) is 0.988. The molecule has 4 nitrogen and oxygen atoms in total. The van der Waals surface area contributed by atoms with Crippen LogP contribution in [-0.4, -0.2) is 48.2 Å². The van der Waals surface area contributed by atoms with E-state index >= 15 is 0 Å². The van der Waals surface area contributed by atoms with E-state index in [9.17, 15) is 0 Å². The van der Waals surface area contributed by atoms with Gasteiger partial charge in [-0.05, 0) is 37.7 Å². The van der Waals surface area contributed by atoms with Gasteiger partial charge >= 0.3 is 0 Å². The van der Waals surface area contributed by atoms with Gasteiger partial charge in [0.15, 0.2) is 0 Å². The number of hydrogen-bond acceptors (Lipinski definition) is 4. The maximum absolute atomic E-state index is 9.10. The number of rotatable bonds is 2. The second-order valence-corrected chi connectivity index (χ2v) is 4.32. The van der Waals surface area contributed by atoms with Crippen molar-refractivity contribution in [3.8, 4) is 0 Å². The van der Waals surface area contributed by atoms with E-state index in [2.05, 4.69) is 21.8 Å². The molecule has 1 N–H and O–H groups in total. The molecule has 2 heterocycles. The van der Waals surface area contributed by atoms with E-state index in [1.165, 1.54) is 6.42 Å². The minimum Gasteiger partial charge on any atom is -0.392 e. The lowest BCUT2D eigenvalue weighted by Gasteiger charge is -2.21. The van der Waals surface area contributed by atoms with Gasteiger partial charge in [-0.25, -0.2) is 4.98 Å². The Bertz CT molecular complexity index is 343. The van der Waals surface area contributed by atoms with Crippen molar-refractivity contribution in [2.24, 2.45) is 0 Å². The predicted molar refractivity (Wildman–Crippen MR) is 64.5 cm³/mol. The van der Waals surface area contributed by atoms with Crippen LogP contribution in [0.3, 0.4) is 0 Å². The predicted octanol–water partition coefficient (Wildman–Crippen LogP) is 0.716. The maximum Gasteiger partial charge on any atom is 0.128 e. The second-order valence-electron chi connectivity index (χ2n) is 4.32. The molecule has 1 aromatic heterocycles. The highest BCUT2D eigenvalue weighted by atomic mass is 16.3. The van der Waals surface area contributed by atoms with Crippen LogP contribution in [0, 0.1) is 0 Å². The second kappa shape index (κ2) is 5.27. The van der Waals surface area contributed by atoms with Crippen LogP contribution in [0.5, 0.6) is 0 Å². The SMILES string of the molecule is CN1CCCN(c2cc(CO)ccn2)CC1. The van der Waals surface area contributed by atoms with Gasteiger partial charge in [-0.1, -0.05) is 0 Å². The third-order valence-corrected chi connectivity index (χ3v) is 3.04. The zero-order chi connectivity index (χ0) is 11.4. The summed E-state index contributed by atoms with van der Waals surface area (Å²) in [6.45, 7) is 4.37. The molecule has 1 aromatic rings. The van der Waals surface area contributed by atoms with Gasteiger partial charge in [0, 0.05) is 25.8 Å². The monoisotopic (exact) mass is 221 g/mol. The van der Waals surface area contributed by atoms with Crippen LogP contribution < -0.4 is 4.90 Å². The first-order valence-corrected chi connectivity index (χ1v) is 5.79. The highest BCUT2D eigenvalue weighted by Gasteiger charge is 2.13. The Labute approximate surface area is 96.5 Å². The number of nitrogens with zero attached hydrogens (tertiary/aromatic N) is 3. The zero-order valence-corrected chi connectivity index (χ0v) is 9.76. The van der Waals surface area contributed by atoms with Crippen LogP contribution >= 0.6 is 0 Å². The van der Waals surface area contributed by atoms with E-state index in [1.54, 1.807) is 6.20 Å². The van der Waals surface area contributed by atoms with Crippen molar-refractivity contribution in [2.75, 3.05) is 38.1 Å². The number of pyridine rings is 1. The molecule has 1 saturated heterocycles. The molecule has 0 saturated carbocycles. The molecular weight excluding hydrogens is 202 g/mol. The molecule has 1 aliphatic rings. The number of aromatic nitrogens is 1. The van der Waals surface area contributed by atoms with E-state index in [1.807, 2.05) is 12.1 Å². The smallest absolute Gasteiger partial charge is 0.128 e. The Kier molecular flexibility index (Phi) is 3.74. The molecule has 0 radical (unpaired) electrons. The van der Waals surface area contributed by atoms with E-state index in [0.29, 0.717) is 0 Å². The molecule has 1 fully saturated rings. The van der Waals surface area contributed by atoms with Crippen molar-refractivity contribution in [1.82, 2.24) is 9.88 Å². The normalized spacial score (nSPS) is 18.5. The Morgan fingerprint density at radius 2 is 2.19 bits per heavy atom. The third-order valence-electron chi connectivity index (χ3n) is 3.04. The number of hydrogen-bond donors (Lipinski definition) is 1. The molecule has 0 aliphatic carbocycles. The van der Waals surface area contributed by atoms with Gasteiger partial charge in [0.1, 0.15) is 5.82 Å². The molecule has 0 bridgehead atoms. The number of likely N-dealkylation sites (N-methyl/N-ethyl adjacent to an activating group) is 1. The Morgan fingerprint density at radius 3 is 3.00 bits per heavy atom. The van der Waals surface area contributed by atoms with Crippen LogP contribution in [0.1, 0.15) is 12.0 Å². The fourth-order valence-corrected chi connectivity index (χ4v) is 2.01. The Hall–Kier alpha value is -1.13. The molecule has 0 aromatic carbocycles. The van der Waals surface area contributed by atoms with Crippen molar-refractivity contribution >= 4 is 5.82 Å². The zero-order valence-electron chi connectivity index (χ0n) is 9.76. The van der Waals surface area contributed by atoms with Crippen molar-refractivity contribution < 1.29 is 5.11 Å². The Morgan fingerprint density at radius 1 is 1.31 bits per heavy atom. The summed E-state index contributed by atoms with van der Waals surface area (Å²) in [6.07, 6.45) is 2.94. The van der Waals surface area contributed by atoms with E-state index in [-0.39, 0.29) is 6.61 Å². The van der Waals surface area contributed by atoms with Gasteiger partial charge in [-0.2, -0.15) is 0 Å². The van der Waals surface area contributed by atoms with Crippen molar-refractivity contribution in [2.45, 2.75) is 13.0 Å². The molecule has 1 aliphatic heterocycles. The summed E-state index contributed by atoms with van der Waals surface area (Å²) in [5.41, 5.74) is 0.933. The Balaban J connectivity index is 2.10.